The van der Waals surface area contributed by atoms with E-state index < -0.39 is 0 Å². The third kappa shape index (κ3) is 1.53. The van der Waals surface area contributed by atoms with Gasteiger partial charge in [0.25, 0.3) is 0 Å². The summed E-state index contributed by atoms with van der Waals surface area (Å²) in [4.78, 5) is 0. The summed E-state index contributed by atoms with van der Waals surface area (Å²) in [5.74, 6) is 0.908. The molecule has 1 aromatic carbocycles. The van der Waals surface area contributed by atoms with E-state index in [4.69, 9.17) is 4.74 Å². The van der Waals surface area contributed by atoms with E-state index in [9.17, 15) is 0 Å². The first-order valence-corrected chi connectivity index (χ1v) is 3.30. The molecule has 0 fully saturated rings. The molecule has 52 valence electrons. The summed E-state index contributed by atoms with van der Waals surface area (Å²) in [6.07, 6.45) is 0. The van der Waals surface area contributed by atoms with Crippen molar-refractivity contribution in [3.63, 3.8) is 0 Å². The van der Waals surface area contributed by atoms with Gasteiger partial charge in [0.15, 0.2) is 0 Å². The molecule has 0 bridgehead atoms. The fourth-order valence-corrected chi connectivity index (χ4v) is 0.796. The van der Waals surface area contributed by atoms with Gasteiger partial charge in [0, 0.05) is 0 Å². The number of ether oxygens (including phenoxy) is 1. The molecule has 2 radical (unpaired) electrons. The second-order valence-electron chi connectivity index (χ2n) is 2.06. The zero-order valence-electron chi connectivity index (χ0n) is 6.29. The predicted molar refractivity (Wildman–Crippen MR) is 44.2 cm³/mol. The Morgan fingerprint density at radius 2 is 1.80 bits per heavy atom. The molecule has 0 spiro atoms. The largest absolute Gasteiger partial charge is 0.497 e. The number of hydrogen-bond donors (Lipinski definition) is 0. The maximum Gasteiger partial charge on any atom is 0.118 e. The fraction of sp³-hybridized carbons (Fsp3) is 0.250. The lowest BCUT2D eigenvalue weighted by Crippen LogP contribution is -2.08. The van der Waals surface area contributed by atoms with Crippen molar-refractivity contribution in [2.24, 2.45) is 0 Å². The Hall–Kier alpha value is -0.915. The summed E-state index contributed by atoms with van der Waals surface area (Å²) in [7, 11) is 3.73. The van der Waals surface area contributed by atoms with Crippen LogP contribution in [0.3, 0.4) is 0 Å². The van der Waals surface area contributed by atoms with Crippen molar-refractivity contribution in [2.45, 2.75) is 6.82 Å². The van der Waals surface area contributed by atoms with Crippen LogP contribution in [0, 0.1) is 0 Å². The van der Waals surface area contributed by atoms with Crippen LogP contribution in [0.5, 0.6) is 5.75 Å². The summed E-state index contributed by atoms with van der Waals surface area (Å²) in [5, 5.41) is 0. The van der Waals surface area contributed by atoms with Gasteiger partial charge in [-0.15, -0.1) is 0 Å². The Labute approximate surface area is 62.3 Å². The average Bonchev–Trinajstić information content (AvgIpc) is 2.05. The normalized spacial score (nSPS) is 9.40. The van der Waals surface area contributed by atoms with Crippen molar-refractivity contribution < 1.29 is 4.74 Å². The first kappa shape index (κ1) is 7.20. The number of rotatable bonds is 2. The van der Waals surface area contributed by atoms with E-state index in [0.717, 1.165) is 5.75 Å². The molecule has 0 saturated heterocycles. The van der Waals surface area contributed by atoms with Gasteiger partial charge in [-0.25, -0.2) is 6.82 Å². The lowest BCUT2D eigenvalue weighted by Gasteiger charge is -2.08. The summed E-state index contributed by atoms with van der Waals surface area (Å²) >= 11 is 0. The van der Waals surface area contributed by atoms with Crippen molar-refractivity contribution >= 4 is 12.7 Å². The Morgan fingerprint density at radius 3 is 2.20 bits per heavy atom. The Bertz CT molecular complexity index is 170. The summed E-state index contributed by atoms with van der Waals surface area (Å²) in [6.45, 7) is 2.02. The van der Waals surface area contributed by atoms with E-state index in [0.29, 0.717) is 0 Å². The molecule has 0 N–H and O–H groups in total. The van der Waals surface area contributed by atoms with Crippen LogP contribution in [-0.2, 0) is 0 Å². The monoisotopic (exact) mass is 133 g/mol. The van der Waals surface area contributed by atoms with Gasteiger partial charge in [0.1, 0.15) is 5.75 Å². The highest BCUT2D eigenvalue weighted by Gasteiger charge is 1.82. The zero-order valence-corrected chi connectivity index (χ0v) is 6.29. The molecule has 1 rings (SSSR count). The maximum absolute atomic E-state index is 5.00. The van der Waals surface area contributed by atoms with Crippen molar-refractivity contribution in [3.8, 4) is 5.75 Å². The summed E-state index contributed by atoms with van der Waals surface area (Å²) < 4.78 is 5.00. The van der Waals surface area contributed by atoms with Crippen LogP contribution in [-0.4, -0.2) is 14.4 Å². The minimum absolute atomic E-state index is 0.908. The highest BCUT2D eigenvalue weighted by molar-refractivity contribution is 6.51. The van der Waals surface area contributed by atoms with Gasteiger partial charge in [-0.2, -0.15) is 0 Å². The minimum Gasteiger partial charge on any atom is -0.497 e. The Morgan fingerprint density at radius 1 is 1.20 bits per heavy atom. The predicted octanol–water partition coefficient (Wildman–Crippen LogP) is 1.07. The van der Waals surface area contributed by atoms with E-state index in [2.05, 4.69) is 7.28 Å². The van der Waals surface area contributed by atoms with Gasteiger partial charge in [0.2, 0.25) is 0 Å². The molecular weight excluding hydrogens is 123 g/mol. The van der Waals surface area contributed by atoms with Gasteiger partial charge in [0.05, 0.1) is 7.11 Å². The van der Waals surface area contributed by atoms with Crippen molar-refractivity contribution in [1.29, 1.82) is 0 Å². The van der Waals surface area contributed by atoms with E-state index in [1.165, 1.54) is 5.46 Å². The van der Waals surface area contributed by atoms with Crippen molar-refractivity contribution in [2.75, 3.05) is 7.11 Å². The molecule has 2 heteroatoms. The second kappa shape index (κ2) is 3.30. The first-order valence-electron chi connectivity index (χ1n) is 3.30. The van der Waals surface area contributed by atoms with Crippen LogP contribution in [0.15, 0.2) is 24.3 Å². The molecule has 0 atom stereocenters. The van der Waals surface area contributed by atoms with Gasteiger partial charge in [-0.1, -0.05) is 12.1 Å². The van der Waals surface area contributed by atoms with E-state index >= 15 is 0 Å². The zero-order chi connectivity index (χ0) is 7.40. The third-order valence-electron chi connectivity index (χ3n) is 1.45. The van der Waals surface area contributed by atoms with Crippen molar-refractivity contribution in [1.82, 2.24) is 0 Å². The van der Waals surface area contributed by atoms with Crippen LogP contribution >= 0.6 is 0 Å². The summed E-state index contributed by atoms with van der Waals surface area (Å²) in [6, 6.07) is 7.96. The van der Waals surface area contributed by atoms with E-state index in [-0.39, 0.29) is 0 Å². The Kier molecular flexibility index (Phi) is 2.38. The quantitative estimate of drug-likeness (QED) is 0.548. The molecule has 0 aliphatic heterocycles. The lowest BCUT2D eigenvalue weighted by atomic mass is 9.73. The van der Waals surface area contributed by atoms with Crippen molar-refractivity contribution in [3.05, 3.63) is 24.3 Å². The average molecular weight is 133 g/mol. The molecule has 1 aromatic rings. The first-order chi connectivity index (χ1) is 4.86. The van der Waals surface area contributed by atoms with Crippen LogP contribution in [0.4, 0.5) is 0 Å². The van der Waals surface area contributed by atoms with Gasteiger partial charge in [-0.05, 0) is 12.1 Å². The second-order valence-corrected chi connectivity index (χ2v) is 2.06. The number of benzene rings is 1. The topological polar surface area (TPSA) is 9.23 Å². The number of methoxy groups -OCH3 is 1. The molecule has 0 saturated carbocycles. The molecule has 0 aromatic heterocycles. The molecule has 10 heavy (non-hydrogen) atoms. The molecule has 0 aliphatic carbocycles. The third-order valence-corrected chi connectivity index (χ3v) is 1.45. The van der Waals surface area contributed by atoms with Crippen LogP contribution < -0.4 is 10.2 Å². The highest BCUT2D eigenvalue weighted by Crippen LogP contribution is 2.04. The molecule has 0 heterocycles. The van der Waals surface area contributed by atoms with E-state index in [1.54, 1.807) is 7.11 Å². The van der Waals surface area contributed by atoms with Gasteiger partial charge < -0.3 is 12.0 Å². The van der Waals surface area contributed by atoms with Gasteiger partial charge in [-0.3, -0.25) is 5.46 Å². The minimum atomic E-state index is 0.908. The molecule has 0 unspecified atom stereocenters. The van der Waals surface area contributed by atoms with E-state index in [1.807, 2.05) is 31.1 Å². The smallest absolute Gasteiger partial charge is 0.118 e. The molecular formula is C8H10BO-. The maximum atomic E-state index is 5.00. The highest BCUT2D eigenvalue weighted by atomic mass is 16.5. The summed E-state index contributed by atoms with van der Waals surface area (Å²) in [5.41, 5.74) is 1.22. The van der Waals surface area contributed by atoms with Crippen LogP contribution in [0.2, 0.25) is 6.82 Å². The molecule has 1 nitrogen and oxygen atoms in total. The SMILES string of the molecule is C[B-]c1ccc(OC)cc1. The Balaban J connectivity index is 2.80. The molecule has 0 amide bonds. The van der Waals surface area contributed by atoms with Crippen LogP contribution in [0.25, 0.3) is 0 Å². The number of hydrogen-bond acceptors (Lipinski definition) is 1. The fourth-order valence-electron chi connectivity index (χ4n) is 0.796. The standard InChI is InChI=1S/C8H10BO/c1-9-7-3-5-8(10-2)6-4-7/h3-6H,1-2H3/q-1. The van der Waals surface area contributed by atoms with Gasteiger partial charge >= 0.3 is 0 Å². The van der Waals surface area contributed by atoms with Crippen LogP contribution in [0.1, 0.15) is 0 Å². The molecule has 0 aliphatic rings. The lowest BCUT2D eigenvalue weighted by molar-refractivity contribution is 0.415.